The van der Waals surface area contributed by atoms with Crippen molar-refractivity contribution in [2.24, 2.45) is 0 Å². The number of nitrogens with zero attached hydrogens (tertiary/aromatic N) is 2. The third-order valence-corrected chi connectivity index (χ3v) is 9.74. The number of phenols is 1. The molecule has 2 heterocycles. The lowest BCUT2D eigenvalue weighted by Gasteiger charge is -2.36. The molecular weight excluding hydrogens is 520 g/mol. The minimum absolute atomic E-state index is 0.0268. The number of phenolic OH excluding ortho intramolecular Hbond substituents is 1. The fourth-order valence-corrected chi connectivity index (χ4v) is 7.05. The number of aromatic hydroxyl groups is 1. The van der Waals surface area contributed by atoms with Crippen molar-refractivity contribution in [3.63, 3.8) is 0 Å². The average Bonchev–Trinajstić information content (AvgIpc) is 3.30. The number of hydrogen-bond donors (Lipinski definition) is 3. The fourth-order valence-electron chi connectivity index (χ4n) is 5.04. The number of sulfonamides is 1. The van der Waals surface area contributed by atoms with Gasteiger partial charge in [0.25, 0.3) is 10.9 Å². The molecule has 3 atom stereocenters. The van der Waals surface area contributed by atoms with Gasteiger partial charge in [-0.3, -0.25) is 14.5 Å². The third kappa shape index (κ3) is 5.37. The summed E-state index contributed by atoms with van der Waals surface area (Å²) < 4.78 is 34.1. The van der Waals surface area contributed by atoms with Gasteiger partial charge >= 0.3 is 0 Å². The van der Waals surface area contributed by atoms with Crippen LogP contribution in [0.2, 0.25) is 5.02 Å². The van der Waals surface area contributed by atoms with Crippen LogP contribution in [-0.2, 0) is 14.8 Å². The minimum Gasteiger partial charge on any atom is -0.504 e. The van der Waals surface area contributed by atoms with E-state index in [-0.39, 0.29) is 53.4 Å². The molecule has 0 bridgehead atoms. The molecule has 2 aromatic rings. The molecule has 204 valence electrons. The molecule has 2 saturated heterocycles. The first kappa shape index (κ1) is 27.8. The molecule has 4 rings (SSSR count). The number of nitrogens with one attached hydrogen (secondary N) is 2. The van der Waals surface area contributed by atoms with E-state index in [2.05, 4.69) is 29.4 Å². The van der Waals surface area contributed by atoms with Crippen LogP contribution in [0.1, 0.15) is 47.0 Å². The Morgan fingerprint density at radius 1 is 1.11 bits per heavy atom. The summed E-state index contributed by atoms with van der Waals surface area (Å²) >= 11 is 6.26. The van der Waals surface area contributed by atoms with Crippen LogP contribution in [0, 0.1) is 0 Å². The van der Waals surface area contributed by atoms with Gasteiger partial charge in [-0.05, 0) is 52.2 Å². The van der Waals surface area contributed by atoms with Crippen LogP contribution >= 0.6 is 11.6 Å². The van der Waals surface area contributed by atoms with Gasteiger partial charge in [0.05, 0.1) is 29.0 Å². The molecule has 0 spiro atoms. The highest BCUT2D eigenvalue weighted by atomic mass is 35.5. The Kier molecular flexibility index (Phi) is 8.20. The van der Waals surface area contributed by atoms with Crippen LogP contribution < -0.4 is 21.5 Å². The van der Waals surface area contributed by atoms with Crippen molar-refractivity contribution in [1.29, 1.82) is 0 Å². The van der Waals surface area contributed by atoms with Crippen LogP contribution in [0.5, 0.6) is 5.75 Å². The van der Waals surface area contributed by atoms with Crippen molar-refractivity contribution in [3.05, 3.63) is 37.6 Å². The molecule has 2 aromatic carbocycles. The van der Waals surface area contributed by atoms with Crippen molar-refractivity contribution < 1.29 is 18.3 Å². The molecule has 0 aliphatic carbocycles. The topological polar surface area (TPSA) is 128 Å². The number of ether oxygens (including phenoxy) is 1. The van der Waals surface area contributed by atoms with Gasteiger partial charge in [-0.25, -0.2) is 8.42 Å². The van der Waals surface area contributed by atoms with Crippen LogP contribution in [0.3, 0.4) is 0 Å². The van der Waals surface area contributed by atoms with Crippen molar-refractivity contribution in [3.8, 4) is 5.75 Å². The maximum atomic E-state index is 13.4. The van der Waals surface area contributed by atoms with Crippen molar-refractivity contribution in [1.82, 2.24) is 9.21 Å². The molecule has 2 fully saturated rings. The van der Waals surface area contributed by atoms with Gasteiger partial charge < -0.3 is 20.5 Å². The Morgan fingerprint density at radius 2 is 1.76 bits per heavy atom. The second-order valence-corrected chi connectivity index (χ2v) is 12.3. The Hall–Kier alpha value is -2.18. The van der Waals surface area contributed by atoms with Crippen LogP contribution in [0.4, 0.5) is 17.1 Å². The van der Waals surface area contributed by atoms with Crippen LogP contribution in [-0.4, -0.2) is 73.2 Å². The second-order valence-electron chi connectivity index (χ2n) is 10.1. The molecule has 10 nitrogen and oxygen atoms in total. The number of halogens is 1. The lowest BCUT2D eigenvalue weighted by atomic mass is 10.0. The van der Waals surface area contributed by atoms with E-state index in [9.17, 15) is 23.1 Å². The van der Waals surface area contributed by atoms with Crippen molar-refractivity contribution in [2.45, 2.75) is 76.1 Å². The van der Waals surface area contributed by atoms with E-state index >= 15 is 0 Å². The molecule has 3 N–H and O–H groups in total. The summed E-state index contributed by atoms with van der Waals surface area (Å²) in [6, 6.07) is 2.85. The summed E-state index contributed by atoms with van der Waals surface area (Å²) in [5, 5.41) is 16.8. The van der Waals surface area contributed by atoms with E-state index in [0.717, 1.165) is 12.8 Å². The van der Waals surface area contributed by atoms with Gasteiger partial charge in [-0.2, -0.15) is 4.31 Å². The first-order valence-electron chi connectivity index (χ1n) is 12.7. The number of benzene rings is 1. The van der Waals surface area contributed by atoms with Gasteiger partial charge in [0.15, 0.2) is 5.75 Å². The van der Waals surface area contributed by atoms with E-state index in [0.29, 0.717) is 25.6 Å². The molecule has 0 amide bonds. The summed E-state index contributed by atoms with van der Waals surface area (Å²) in [7, 11) is -4.11. The van der Waals surface area contributed by atoms with E-state index in [1.807, 2.05) is 13.8 Å². The van der Waals surface area contributed by atoms with Crippen molar-refractivity contribution in [2.75, 3.05) is 36.8 Å². The van der Waals surface area contributed by atoms with E-state index in [4.69, 9.17) is 16.3 Å². The molecule has 37 heavy (non-hydrogen) atoms. The van der Waals surface area contributed by atoms with Gasteiger partial charge in [-0.15, -0.1) is 0 Å². The van der Waals surface area contributed by atoms with E-state index in [1.165, 1.54) is 16.4 Å². The highest BCUT2D eigenvalue weighted by Gasteiger charge is 2.35. The van der Waals surface area contributed by atoms with Gasteiger partial charge in [-0.1, -0.05) is 18.5 Å². The zero-order valence-electron chi connectivity index (χ0n) is 21.6. The number of rotatable bonds is 9. The largest absolute Gasteiger partial charge is 0.504 e. The standard InChI is InChI=1S/C25H35ClN4O6S/c1-5-17(19-9-6-15(4)36-19)27-20-21(24(33)23(20)32)28-18-8-7-16(26)25(22(18)31)37(34,35)30-12-10-29(11-13-30)14(2)3/h7-8,14-15,17,19,27-28,31H,5-6,9-13H2,1-4H3/t15-,17?,19-/m1/s1. The van der Waals surface area contributed by atoms with Gasteiger partial charge in [0.1, 0.15) is 16.3 Å². The van der Waals surface area contributed by atoms with Gasteiger partial charge in [0.2, 0.25) is 10.0 Å². The lowest BCUT2D eigenvalue weighted by Crippen LogP contribution is -2.50. The summed E-state index contributed by atoms with van der Waals surface area (Å²) in [5.74, 6) is -0.599. The van der Waals surface area contributed by atoms with Crippen LogP contribution in [0.15, 0.2) is 26.6 Å². The maximum absolute atomic E-state index is 13.4. The Morgan fingerprint density at radius 3 is 2.32 bits per heavy atom. The first-order chi connectivity index (χ1) is 17.4. The quantitative estimate of drug-likeness (QED) is 0.316. The summed E-state index contributed by atoms with van der Waals surface area (Å²) in [4.78, 5) is 26.6. The molecule has 2 aliphatic rings. The predicted molar refractivity (Wildman–Crippen MR) is 144 cm³/mol. The summed E-state index contributed by atoms with van der Waals surface area (Å²) in [5.41, 5.74) is -1.37. The lowest BCUT2D eigenvalue weighted by molar-refractivity contribution is 0.0438. The highest BCUT2D eigenvalue weighted by Crippen LogP contribution is 2.40. The maximum Gasteiger partial charge on any atom is 0.253 e. The molecule has 0 radical (unpaired) electrons. The Labute approximate surface area is 222 Å². The number of anilines is 3. The molecule has 2 aliphatic heterocycles. The third-order valence-electron chi connectivity index (χ3n) is 7.34. The molecule has 0 saturated carbocycles. The molecule has 0 aromatic heterocycles. The predicted octanol–water partition coefficient (Wildman–Crippen LogP) is 2.86. The second kappa shape index (κ2) is 10.9. The zero-order chi connectivity index (χ0) is 27.1. The molecule has 12 heteroatoms. The normalized spacial score (nSPS) is 22.5. The van der Waals surface area contributed by atoms with Crippen molar-refractivity contribution >= 4 is 38.7 Å². The average molecular weight is 555 g/mol. The number of piperazine rings is 1. The Balaban J connectivity index is 1.58. The molecular formula is C25H35ClN4O6S. The summed E-state index contributed by atoms with van der Waals surface area (Å²) in [6.07, 6.45) is 2.48. The highest BCUT2D eigenvalue weighted by molar-refractivity contribution is 7.89. The minimum atomic E-state index is -4.11. The van der Waals surface area contributed by atoms with Crippen LogP contribution in [0.25, 0.3) is 0 Å². The first-order valence-corrected chi connectivity index (χ1v) is 14.6. The SMILES string of the molecule is CCC(Nc1c(Nc2ccc(Cl)c(S(=O)(=O)N3CCN(C(C)C)CC3)c2O)c(=O)c1=O)[C@H]1CC[C@@H](C)O1. The van der Waals surface area contributed by atoms with E-state index in [1.54, 1.807) is 0 Å². The monoisotopic (exact) mass is 554 g/mol. The Bertz CT molecular complexity index is 1320. The summed E-state index contributed by atoms with van der Waals surface area (Å²) in [6.45, 7) is 9.72. The van der Waals surface area contributed by atoms with Gasteiger partial charge in [0, 0.05) is 32.2 Å². The molecule has 1 unspecified atom stereocenters. The van der Waals surface area contributed by atoms with E-state index < -0.39 is 31.5 Å². The number of hydrogen-bond acceptors (Lipinski definition) is 9. The fraction of sp³-hybridized carbons (Fsp3) is 0.600. The smallest absolute Gasteiger partial charge is 0.253 e. The zero-order valence-corrected chi connectivity index (χ0v) is 23.2.